The van der Waals surface area contributed by atoms with Gasteiger partial charge in [-0.25, -0.2) is 0 Å². The summed E-state index contributed by atoms with van der Waals surface area (Å²) in [6, 6.07) is 15.7. The Morgan fingerprint density at radius 1 is 0.952 bits per heavy atom. The van der Waals surface area contributed by atoms with Crippen molar-refractivity contribution in [2.75, 3.05) is 13.2 Å². The third-order valence-corrected chi connectivity index (χ3v) is 2.88. The molecule has 2 aromatic rings. The van der Waals surface area contributed by atoms with Crippen LogP contribution in [-0.4, -0.2) is 19.4 Å². The molecule has 0 unspecified atom stereocenters. The molecule has 0 atom stereocenters. The summed E-state index contributed by atoms with van der Waals surface area (Å²) < 4.78 is 11.1. The minimum Gasteiger partial charge on any atom is -0.494 e. The molecule has 0 N–H and O–H groups in total. The van der Waals surface area contributed by atoms with E-state index in [1.807, 2.05) is 61.7 Å². The third kappa shape index (κ3) is 4.63. The summed E-state index contributed by atoms with van der Waals surface area (Å²) in [6.07, 6.45) is 2.82. The standard InChI is InChI=1S/C18H21NO2/c1-3-13-21-18-8-6-5-7-15(18)14-19-16-9-11-17(12-10-16)20-4-2/h5-12,14H,3-4,13H2,1-2H3. The molecular weight excluding hydrogens is 262 g/mol. The Morgan fingerprint density at radius 3 is 2.43 bits per heavy atom. The number of nitrogens with zero attached hydrogens (tertiary/aromatic N) is 1. The molecule has 0 aromatic heterocycles. The van der Waals surface area contributed by atoms with Crippen LogP contribution in [0.4, 0.5) is 5.69 Å². The number of aliphatic imine (C=N–C) groups is 1. The molecule has 0 amide bonds. The van der Waals surface area contributed by atoms with E-state index < -0.39 is 0 Å². The highest BCUT2D eigenvalue weighted by Crippen LogP contribution is 2.20. The van der Waals surface area contributed by atoms with Crippen molar-refractivity contribution >= 4 is 11.9 Å². The molecule has 0 aliphatic rings. The summed E-state index contributed by atoms with van der Waals surface area (Å²) >= 11 is 0. The third-order valence-electron chi connectivity index (χ3n) is 2.88. The number of benzene rings is 2. The van der Waals surface area contributed by atoms with Gasteiger partial charge in [0.1, 0.15) is 11.5 Å². The van der Waals surface area contributed by atoms with Gasteiger partial charge >= 0.3 is 0 Å². The van der Waals surface area contributed by atoms with E-state index in [1.54, 1.807) is 0 Å². The van der Waals surface area contributed by atoms with Crippen LogP contribution in [0.2, 0.25) is 0 Å². The van der Waals surface area contributed by atoms with Gasteiger partial charge in [0.2, 0.25) is 0 Å². The van der Waals surface area contributed by atoms with E-state index in [9.17, 15) is 0 Å². The maximum atomic E-state index is 5.71. The Bertz CT molecular complexity index is 576. The van der Waals surface area contributed by atoms with Gasteiger partial charge in [-0.3, -0.25) is 4.99 Å². The second-order valence-electron chi connectivity index (χ2n) is 4.57. The summed E-state index contributed by atoms with van der Waals surface area (Å²) in [6.45, 7) is 5.45. The molecule has 0 bridgehead atoms. The van der Waals surface area contributed by atoms with Gasteiger partial charge in [-0.2, -0.15) is 0 Å². The minimum atomic E-state index is 0.671. The SMILES string of the molecule is CCCOc1ccccc1C=Nc1ccc(OCC)cc1. The van der Waals surface area contributed by atoms with Gasteiger partial charge in [0.25, 0.3) is 0 Å². The normalized spacial score (nSPS) is 10.8. The van der Waals surface area contributed by atoms with E-state index in [0.717, 1.165) is 29.2 Å². The fourth-order valence-corrected chi connectivity index (χ4v) is 1.87. The second-order valence-corrected chi connectivity index (χ2v) is 4.57. The highest BCUT2D eigenvalue weighted by Gasteiger charge is 1.99. The largest absolute Gasteiger partial charge is 0.494 e. The molecule has 3 heteroatoms. The lowest BCUT2D eigenvalue weighted by molar-refractivity contribution is 0.317. The molecule has 0 saturated heterocycles. The van der Waals surface area contributed by atoms with E-state index in [0.29, 0.717) is 13.2 Å². The van der Waals surface area contributed by atoms with Crippen LogP contribution in [0.1, 0.15) is 25.8 Å². The van der Waals surface area contributed by atoms with Gasteiger partial charge in [0.05, 0.1) is 18.9 Å². The van der Waals surface area contributed by atoms with Gasteiger partial charge in [-0.05, 0) is 49.7 Å². The van der Waals surface area contributed by atoms with Crippen LogP contribution in [0, 0.1) is 0 Å². The van der Waals surface area contributed by atoms with Gasteiger partial charge in [0.15, 0.2) is 0 Å². The first-order valence-electron chi connectivity index (χ1n) is 7.32. The maximum Gasteiger partial charge on any atom is 0.128 e. The van der Waals surface area contributed by atoms with E-state index in [4.69, 9.17) is 9.47 Å². The number of rotatable bonds is 7. The van der Waals surface area contributed by atoms with Crippen molar-refractivity contribution < 1.29 is 9.47 Å². The van der Waals surface area contributed by atoms with Crippen LogP contribution < -0.4 is 9.47 Å². The summed E-state index contributed by atoms with van der Waals surface area (Å²) in [5.41, 5.74) is 1.88. The lowest BCUT2D eigenvalue weighted by atomic mass is 10.2. The molecule has 2 rings (SSSR count). The van der Waals surface area contributed by atoms with E-state index in [1.165, 1.54) is 0 Å². The van der Waals surface area contributed by atoms with Gasteiger partial charge in [0, 0.05) is 11.8 Å². The molecule has 2 aromatic carbocycles. The number of para-hydroxylation sites is 1. The first-order chi connectivity index (χ1) is 10.3. The van der Waals surface area contributed by atoms with E-state index in [2.05, 4.69) is 11.9 Å². The van der Waals surface area contributed by atoms with E-state index in [-0.39, 0.29) is 0 Å². The fourth-order valence-electron chi connectivity index (χ4n) is 1.87. The fraction of sp³-hybridized carbons (Fsp3) is 0.278. The predicted octanol–water partition coefficient (Wildman–Crippen LogP) is 4.62. The average Bonchev–Trinajstić information content (AvgIpc) is 2.53. The number of hydrogen-bond acceptors (Lipinski definition) is 3. The van der Waals surface area contributed by atoms with Crippen molar-refractivity contribution in [1.29, 1.82) is 0 Å². The van der Waals surface area contributed by atoms with Crippen molar-refractivity contribution in [3.63, 3.8) is 0 Å². The van der Waals surface area contributed by atoms with Crippen LogP contribution >= 0.6 is 0 Å². The molecule has 0 aliphatic carbocycles. The van der Waals surface area contributed by atoms with Crippen molar-refractivity contribution in [2.24, 2.45) is 4.99 Å². The highest BCUT2D eigenvalue weighted by molar-refractivity contribution is 5.85. The first-order valence-corrected chi connectivity index (χ1v) is 7.32. The smallest absolute Gasteiger partial charge is 0.128 e. The van der Waals surface area contributed by atoms with Crippen LogP contribution in [-0.2, 0) is 0 Å². The Balaban J connectivity index is 2.09. The Hall–Kier alpha value is -2.29. The molecular formula is C18H21NO2. The highest BCUT2D eigenvalue weighted by atomic mass is 16.5. The molecule has 0 spiro atoms. The van der Waals surface area contributed by atoms with Crippen molar-refractivity contribution in [1.82, 2.24) is 0 Å². The van der Waals surface area contributed by atoms with Gasteiger partial charge in [-0.15, -0.1) is 0 Å². The van der Waals surface area contributed by atoms with Crippen molar-refractivity contribution in [3.05, 3.63) is 54.1 Å². The Kier molecular flexibility index (Phi) is 5.83. The zero-order valence-electron chi connectivity index (χ0n) is 12.6. The van der Waals surface area contributed by atoms with Crippen LogP contribution in [0.3, 0.4) is 0 Å². The van der Waals surface area contributed by atoms with Crippen molar-refractivity contribution in [2.45, 2.75) is 20.3 Å². The monoisotopic (exact) mass is 283 g/mol. The molecule has 3 nitrogen and oxygen atoms in total. The molecule has 0 aliphatic heterocycles. The Labute approximate surface area is 126 Å². The van der Waals surface area contributed by atoms with Gasteiger partial charge in [-0.1, -0.05) is 19.1 Å². The Morgan fingerprint density at radius 2 is 1.71 bits per heavy atom. The van der Waals surface area contributed by atoms with Crippen LogP contribution in [0.15, 0.2) is 53.5 Å². The lowest BCUT2D eigenvalue weighted by Gasteiger charge is -2.07. The summed E-state index contributed by atoms with van der Waals surface area (Å²) in [5.74, 6) is 1.73. The van der Waals surface area contributed by atoms with E-state index >= 15 is 0 Å². The summed E-state index contributed by atoms with van der Waals surface area (Å²) in [4.78, 5) is 4.49. The number of ether oxygens (including phenoxy) is 2. The topological polar surface area (TPSA) is 30.8 Å². The first kappa shape index (κ1) is 15.1. The van der Waals surface area contributed by atoms with Crippen LogP contribution in [0.5, 0.6) is 11.5 Å². The molecule has 0 fully saturated rings. The zero-order chi connectivity index (χ0) is 14.9. The molecule has 0 radical (unpaired) electrons. The minimum absolute atomic E-state index is 0.671. The molecule has 0 heterocycles. The molecule has 110 valence electrons. The molecule has 0 saturated carbocycles. The second kappa shape index (κ2) is 8.10. The summed E-state index contributed by atoms with van der Waals surface area (Å²) in [5, 5.41) is 0. The van der Waals surface area contributed by atoms with Gasteiger partial charge < -0.3 is 9.47 Å². The molecule has 21 heavy (non-hydrogen) atoms. The van der Waals surface area contributed by atoms with Crippen LogP contribution in [0.25, 0.3) is 0 Å². The lowest BCUT2D eigenvalue weighted by Crippen LogP contribution is -1.98. The zero-order valence-corrected chi connectivity index (χ0v) is 12.6. The van der Waals surface area contributed by atoms with Crippen molar-refractivity contribution in [3.8, 4) is 11.5 Å². The predicted molar refractivity (Wildman–Crippen MR) is 87.1 cm³/mol. The maximum absolute atomic E-state index is 5.71. The average molecular weight is 283 g/mol. The number of hydrogen-bond donors (Lipinski definition) is 0. The quantitative estimate of drug-likeness (QED) is 0.694. The summed E-state index contributed by atoms with van der Waals surface area (Å²) in [7, 11) is 0.